The van der Waals surface area contributed by atoms with Crippen LogP contribution in [0.25, 0.3) is 11.1 Å². The Hall–Kier alpha value is -3.35. The summed E-state index contributed by atoms with van der Waals surface area (Å²) in [6.45, 7) is 5.90. The van der Waals surface area contributed by atoms with Gasteiger partial charge in [0.05, 0.1) is 26.2 Å². The molecule has 0 saturated carbocycles. The summed E-state index contributed by atoms with van der Waals surface area (Å²) < 4.78 is 10.4. The average molecular weight is 524 g/mol. The molecule has 0 aliphatic rings. The Bertz CT molecular complexity index is 1200. The molecule has 0 fully saturated rings. The summed E-state index contributed by atoms with van der Waals surface area (Å²) in [7, 11) is 1.38. The van der Waals surface area contributed by atoms with E-state index in [-0.39, 0.29) is 18.9 Å². The molecule has 1 amide bonds. The summed E-state index contributed by atoms with van der Waals surface area (Å²) in [4.78, 5) is 26.1. The van der Waals surface area contributed by atoms with Crippen LogP contribution in [0.2, 0.25) is 5.02 Å². The number of hydrogen-bond acceptors (Lipinski definition) is 5. The Labute approximate surface area is 223 Å². The summed E-state index contributed by atoms with van der Waals surface area (Å²) in [6.07, 6.45) is -0.563. The van der Waals surface area contributed by atoms with Crippen LogP contribution < -0.4 is 0 Å². The molecule has 37 heavy (non-hydrogen) atoms. The van der Waals surface area contributed by atoms with E-state index in [9.17, 15) is 14.7 Å². The quantitative estimate of drug-likeness (QED) is 0.336. The standard InChI is InChI=1S/C30H34ClNO5/c1-30(2,3)37-29(35)32(20-27(33)25-9-6-10-26(31)19-25)16-15-21-11-13-23(14-12-21)24-8-5-7-22(17-24)18-28(34)36-4/h5-14,17,19,27,33H,15-16,18,20H2,1-4H3/t27-/m0/s1. The van der Waals surface area contributed by atoms with E-state index in [0.29, 0.717) is 23.6 Å². The Morgan fingerprint density at radius 1 is 0.946 bits per heavy atom. The first kappa shape index (κ1) is 28.2. The molecule has 0 radical (unpaired) electrons. The molecule has 0 heterocycles. The normalized spacial score (nSPS) is 12.1. The van der Waals surface area contributed by atoms with Gasteiger partial charge < -0.3 is 19.5 Å². The molecule has 0 aliphatic heterocycles. The topological polar surface area (TPSA) is 76.1 Å². The highest BCUT2D eigenvalue weighted by Crippen LogP contribution is 2.23. The van der Waals surface area contributed by atoms with Crippen LogP contribution in [-0.2, 0) is 27.1 Å². The zero-order chi connectivity index (χ0) is 27.0. The number of rotatable bonds is 9. The summed E-state index contributed by atoms with van der Waals surface area (Å²) in [5.74, 6) is -0.275. The fourth-order valence-electron chi connectivity index (χ4n) is 3.84. The van der Waals surface area contributed by atoms with E-state index in [4.69, 9.17) is 21.1 Å². The van der Waals surface area contributed by atoms with Crippen molar-refractivity contribution in [2.75, 3.05) is 20.2 Å². The Balaban J connectivity index is 1.70. The lowest BCUT2D eigenvalue weighted by Crippen LogP contribution is -2.40. The molecule has 0 unspecified atom stereocenters. The van der Waals surface area contributed by atoms with E-state index in [1.807, 2.05) is 69.3 Å². The highest BCUT2D eigenvalue weighted by atomic mass is 35.5. The van der Waals surface area contributed by atoms with Crippen LogP contribution in [0.1, 0.15) is 43.6 Å². The summed E-state index contributed by atoms with van der Waals surface area (Å²) in [5.41, 5.74) is 3.95. The predicted molar refractivity (Wildman–Crippen MR) is 146 cm³/mol. The van der Waals surface area contributed by atoms with Crippen LogP contribution >= 0.6 is 11.6 Å². The van der Waals surface area contributed by atoms with Crippen LogP contribution in [0.15, 0.2) is 72.8 Å². The van der Waals surface area contributed by atoms with Crippen molar-refractivity contribution in [2.24, 2.45) is 0 Å². The predicted octanol–water partition coefficient (Wildman–Crippen LogP) is 6.24. The van der Waals surface area contributed by atoms with Crippen LogP contribution in [-0.4, -0.2) is 47.9 Å². The molecule has 1 atom stereocenters. The lowest BCUT2D eigenvalue weighted by Gasteiger charge is -2.29. The van der Waals surface area contributed by atoms with Gasteiger partial charge in [0.2, 0.25) is 0 Å². The summed E-state index contributed by atoms with van der Waals surface area (Å²) in [6, 6.07) is 22.9. The van der Waals surface area contributed by atoms with Gasteiger partial charge in [-0.05, 0) is 67.1 Å². The third-order valence-electron chi connectivity index (χ3n) is 5.74. The number of benzene rings is 3. The molecule has 0 spiro atoms. The molecule has 3 aromatic rings. The van der Waals surface area contributed by atoms with Gasteiger partial charge in [0.15, 0.2) is 0 Å². The minimum Gasteiger partial charge on any atom is -0.469 e. The molecule has 0 saturated heterocycles. The Morgan fingerprint density at radius 2 is 1.65 bits per heavy atom. The zero-order valence-electron chi connectivity index (χ0n) is 21.7. The third kappa shape index (κ3) is 8.92. The molecular formula is C30H34ClNO5. The molecule has 0 aliphatic carbocycles. The fraction of sp³-hybridized carbons (Fsp3) is 0.333. The van der Waals surface area contributed by atoms with Gasteiger partial charge in [-0.1, -0.05) is 72.3 Å². The molecule has 1 N–H and O–H groups in total. The molecular weight excluding hydrogens is 490 g/mol. The number of aliphatic hydroxyl groups is 1. The van der Waals surface area contributed by atoms with Gasteiger partial charge in [-0.15, -0.1) is 0 Å². The van der Waals surface area contributed by atoms with Gasteiger partial charge in [0.25, 0.3) is 0 Å². The molecule has 0 aromatic heterocycles. The molecule has 3 aromatic carbocycles. The first-order chi connectivity index (χ1) is 17.5. The number of esters is 1. The van der Waals surface area contributed by atoms with Crippen LogP contribution in [0.4, 0.5) is 4.79 Å². The van der Waals surface area contributed by atoms with Crippen molar-refractivity contribution in [1.82, 2.24) is 4.90 Å². The van der Waals surface area contributed by atoms with Crippen molar-refractivity contribution in [3.63, 3.8) is 0 Å². The number of nitrogens with zero attached hydrogens (tertiary/aromatic N) is 1. The number of carbonyl (C=O) groups is 2. The zero-order valence-corrected chi connectivity index (χ0v) is 22.5. The number of halogens is 1. The number of aliphatic hydroxyl groups excluding tert-OH is 1. The highest BCUT2D eigenvalue weighted by Gasteiger charge is 2.24. The minimum absolute atomic E-state index is 0.0837. The minimum atomic E-state index is -0.897. The van der Waals surface area contributed by atoms with E-state index < -0.39 is 17.8 Å². The van der Waals surface area contributed by atoms with E-state index in [1.54, 1.807) is 24.3 Å². The second-order valence-electron chi connectivity index (χ2n) is 9.90. The average Bonchev–Trinajstić information content (AvgIpc) is 2.85. The number of methoxy groups -OCH3 is 1. The first-order valence-corrected chi connectivity index (χ1v) is 12.6. The van der Waals surface area contributed by atoms with Crippen LogP contribution in [0, 0.1) is 0 Å². The fourth-order valence-corrected chi connectivity index (χ4v) is 4.04. The number of carbonyl (C=O) groups excluding carboxylic acids is 2. The molecule has 6 nitrogen and oxygen atoms in total. The van der Waals surface area contributed by atoms with Gasteiger partial charge in [-0.3, -0.25) is 4.79 Å². The monoisotopic (exact) mass is 523 g/mol. The largest absolute Gasteiger partial charge is 0.469 e. The maximum atomic E-state index is 12.9. The maximum Gasteiger partial charge on any atom is 0.410 e. The van der Waals surface area contributed by atoms with Crippen molar-refractivity contribution in [3.05, 3.63) is 94.5 Å². The van der Waals surface area contributed by atoms with E-state index in [1.165, 1.54) is 12.0 Å². The lowest BCUT2D eigenvalue weighted by atomic mass is 10.00. The SMILES string of the molecule is COC(=O)Cc1cccc(-c2ccc(CCN(C[C@H](O)c3cccc(Cl)c3)C(=O)OC(C)(C)C)cc2)c1. The van der Waals surface area contributed by atoms with Crippen molar-refractivity contribution in [1.29, 1.82) is 0 Å². The molecule has 3 rings (SSSR count). The van der Waals surface area contributed by atoms with Gasteiger partial charge in [0.1, 0.15) is 5.60 Å². The van der Waals surface area contributed by atoms with Crippen molar-refractivity contribution in [2.45, 2.75) is 45.3 Å². The third-order valence-corrected chi connectivity index (χ3v) is 5.97. The summed E-state index contributed by atoms with van der Waals surface area (Å²) >= 11 is 6.07. The molecule has 196 valence electrons. The van der Waals surface area contributed by atoms with E-state index in [2.05, 4.69) is 0 Å². The van der Waals surface area contributed by atoms with Crippen molar-refractivity contribution in [3.8, 4) is 11.1 Å². The van der Waals surface area contributed by atoms with Crippen molar-refractivity contribution < 1.29 is 24.2 Å². The molecule has 7 heteroatoms. The number of hydrogen-bond donors (Lipinski definition) is 1. The van der Waals surface area contributed by atoms with Crippen molar-refractivity contribution >= 4 is 23.7 Å². The van der Waals surface area contributed by atoms with Crippen LogP contribution in [0.5, 0.6) is 0 Å². The van der Waals surface area contributed by atoms with Crippen LogP contribution in [0.3, 0.4) is 0 Å². The smallest absolute Gasteiger partial charge is 0.410 e. The maximum absolute atomic E-state index is 12.9. The van der Waals surface area contributed by atoms with Gasteiger partial charge in [-0.2, -0.15) is 0 Å². The van der Waals surface area contributed by atoms with Gasteiger partial charge in [-0.25, -0.2) is 4.79 Å². The summed E-state index contributed by atoms with van der Waals surface area (Å²) in [5, 5.41) is 11.3. The number of ether oxygens (including phenoxy) is 2. The molecule has 0 bridgehead atoms. The van der Waals surface area contributed by atoms with Gasteiger partial charge >= 0.3 is 12.1 Å². The second-order valence-corrected chi connectivity index (χ2v) is 10.3. The Kier molecular flexibility index (Phi) is 9.73. The number of amides is 1. The lowest BCUT2D eigenvalue weighted by molar-refractivity contribution is -0.139. The highest BCUT2D eigenvalue weighted by molar-refractivity contribution is 6.30. The van der Waals surface area contributed by atoms with E-state index in [0.717, 1.165) is 22.3 Å². The van der Waals surface area contributed by atoms with Gasteiger partial charge in [0, 0.05) is 11.6 Å². The van der Waals surface area contributed by atoms with E-state index >= 15 is 0 Å². The second kappa shape index (κ2) is 12.7. The Morgan fingerprint density at radius 3 is 2.30 bits per heavy atom. The first-order valence-electron chi connectivity index (χ1n) is 12.2.